The van der Waals surface area contributed by atoms with Gasteiger partial charge in [0.05, 0.1) is 12.1 Å². The van der Waals surface area contributed by atoms with Gasteiger partial charge in [-0.1, -0.05) is 12.1 Å². The third-order valence-corrected chi connectivity index (χ3v) is 3.20. The summed E-state index contributed by atoms with van der Waals surface area (Å²) in [6.07, 6.45) is 3.54. The molecule has 1 unspecified atom stereocenters. The Hall–Kier alpha value is -1.62. The molecular weight excluding hydrogens is 222 g/mol. The highest BCUT2D eigenvalue weighted by molar-refractivity contribution is 7.98. The first-order valence-corrected chi connectivity index (χ1v) is 5.63. The maximum Gasteiger partial charge on any atom is 0.224 e. The zero-order chi connectivity index (χ0) is 11.5. The second-order valence-corrected chi connectivity index (χ2v) is 4.31. The SMILES string of the molecule is CC(C(N)=O)c1ccc2c(c1)SN=NC=C2. The zero-order valence-electron chi connectivity index (χ0n) is 8.75. The minimum absolute atomic E-state index is 0.282. The van der Waals surface area contributed by atoms with Crippen LogP contribution in [-0.4, -0.2) is 5.91 Å². The smallest absolute Gasteiger partial charge is 0.224 e. The van der Waals surface area contributed by atoms with Gasteiger partial charge in [0.15, 0.2) is 0 Å². The molecule has 1 aliphatic heterocycles. The molecule has 0 fully saturated rings. The van der Waals surface area contributed by atoms with Crippen molar-refractivity contribution in [1.29, 1.82) is 0 Å². The number of nitrogens with two attached hydrogens (primary N) is 1. The van der Waals surface area contributed by atoms with Gasteiger partial charge in [-0.05, 0) is 30.2 Å². The molecular formula is C11H11N3OS. The fourth-order valence-electron chi connectivity index (χ4n) is 1.41. The van der Waals surface area contributed by atoms with Gasteiger partial charge >= 0.3 is 0 Å². The summed E-state index contributed by atoms with van der Waals surface area (Å²) in [5.74, 6) is -0.606. The summed E-state index contributed by atoms with van der Waals surface area (Å²) in [5, 5.41) is 3.81. The quantitative estimate of drug-likeness (QED) is 0.798. The Kier molecular flexibility index (Phi) is 3.05. The summed E-state index contributed by atoms with van der Waals surface area (Å²) in [6, 6.07) is 5.79. The predicted octanol–water partition coefficient (Wildman–Crippen LogP) is 2.72. The van der Waals surface area contributed by atoms with E-state index in [4.69, 9.17) is 5.73 Å². The fraction of sp³-hybridized carbons (Fsp3) is 0.182. The van der Waals surface area contributed by atoms with Crippen LogP contribution in [0.25, 0.3) is 6.08 Å². The Balaban J connectivity index is 2.39. The molecule has 0 saturated carbocycles. The van der Waals surface area contributed by atoms with Gasteiger partial charge in [0.2, 0.25) is 5.91 Å². The van der Waals surface area contributed by atoms with Crippen molar-refractivity contribution in [3.05, 3.63) is 35.5 Å². The summed E-state index contributed by atoms with van der Waals surface area (Å²) in [7, 11) is 0. The molecule has 0 saturated heterocycles. The van der Waals surface area contributed by atoms with Gasteiger partial charge in [-0.3, -0.25) is 4.79 Å². The van der Waals surface area contributed by atoms with Crippen molar-refractivity contribution in [2.45, 2.75) is 17.7 Å². The van der Waals surface area contributed by atoms with Crippen LogP contribution in [0.4, 0.5) is 0 Å². The first-order valence-electron chi connectivity index (χ1n) is 4.85. The number of hydrogen-bond donors (Lipinski definition) is 1. The normalized spacial score (nSPS) is 15.3. The molecule has 1 aliphatic rings. The molecule has 2 rings (SSSR count). The van der Waals surface area contributed by atoms with E-state index in [0.29, 0.717) is 0 Å². The van der Waals surface area contributed by atoms with E-state index in [2.05, 4.69) is 9.63 Å². The number of rotatable bonds is 2. The van der Waals surface area contributed by atoms with Crippen molar-refractivity contribution in [1.82, 2.24) is 0 Å². The van der Waals surface area contributed by atoms with Crippen LogP contribution in [0.1, 0.15) is 24.0 Å². The van der Waals surface area contributed by atoms with Crippen molar-refractivity contribution in [3.8, 4) is 0 Å². The monoisotopic (exact) mass is 233 g/mol. The number of carbonyl (C=O) groups is 1. The third kappa shape index (κ3) is 2.14. The molecule has 1 aromatic carbocycles. The van der Waals surface area contributed by atoms with Crippen LogP contribution in [0, 0.1) is 0 Å². The molecule has 1 atom stereocenters. The first-order chi connectivity index (χ1) is 7.68. The summed E-state index contributed by atoms with van der Waals surface area (Å²) >= 11 is 1.30. The highest BCUT2D eigenvalue weighted by Gasteiger charge is 2.13. The van der Waals surface area contributed by atoms with Crippen molar-refractivity contribution < 1.29 is 4.79 Å². The lowest BCUT2D eigenvalue weighted by Crippen LogP contribution is -2.18. The number of amides is 1. The lowest BCUT2D eigenvalue weighted by atomic mass is 9.99. The average Bonchev–Trinajstić information content (AvgIpc) is 2.51. The highest BCUT2D eigenvalue weighted by Crippen LogP contribution is 2.30. The maximum atomic E-state index is 11.1. The molecule has 1 amide bonds. The second kappa shape index (κ2) is 4.49. The number of hydrogen-bond acceptors (Lipinski definition) is 4. The number of carbonyl (C=O) groups excluding carboxylic acids is 1. The molecule has 0 bridgehead atoms. The molecule has 5 heteroatoms. The van der Waals surface area contributed by atoms with Crippen LogP contribution in [0.2, 0.25) is 0 Å². The molecule has 1 aromatic rings. The average molecular weight is 233 g/mol. The Bertz CT molecular complexity index is 482. The number of primary amides is 1. The van der Waals surface area contributed by atoms with Crippen LogP contribution < -0.4 is 5.73 Å². The van der Waals surface area contributed by atoms with E-state index in [0.717, 1.165) is 16.0 Å². The number of nitrogens with zero attached hydrogens (tertiary/aromatic N) is 2. The van der Waals surface area contributed by atoms with Crippen LogP contribution >= 0.6 is 11.9 Å². The van der Waals surface area contributed by atoms with Crippen molar-refractivity contribution in [3.63, 3.8) is 0 Å². The van der Waals surface area contributed by atoms with Gasteiger partial charge in [0.25, 0.3) is 0 Å². The minimum atomic E-state index is -0.323. The highest BCUT2D eigenvalue weighted by atomic mass is 32.2. The van der Waals surface area contributed by atoms with E-state index in [1.807, 2.05) is 24.3 Å². The second-order valence-electron chi connectivity index (χ2n) is 3.53. The third-order valence-electron chi connectivity index (χ3n) is 2.47. The Morgan fingerprint density at radius 3 is 3.06 bits per heavy atom. The first kappa shape index (κ1) is 10.9. The number of fused-ring (bicyclic) bond motifs is 1. The molecule has 82 valence electrons. The molecule has 0 aliphatic carbocycles. The largest absolute Gasteiger partial charge is 0.369 e. The topological polar surface area (TPSA) is 67.8 Å². The molecule has 16 heavy (non-hydrogen) atoms. The van der Waals surface area contributed by atoms with E-state index in [9.17, 15) is 4.79 Å². The van der Waals surface area contributed by atoms with E-state index in [-0.39, 0.29) is 11.8 Å². The van der Waals surface area contributed by atoms with Gasteiger partial charge < -0.3 is 5.73 Å². The predicted molar refractivity (Wildman–Crippen MR) is 63.8 cm³/mol. The Labute approximate surface area is 97.8 Å². The lowest BCUT2D eigenvalue weighted by Gasteiger charge is -2.09. The van der Waals surface area contributed by atoms with Crippen LogP contribution in [-0.2, 0) is 4.79 Å². The molecule has 2 N–H and O–H groups in total. The Morgan fingerprint density at radius 1 is 1.50 bits per heavy atom. The standard InChI is InChI=1S/C11H11N3OS/c1-7(11(12)15)9-3-2-8-4-5-13-14-16-10(8)6-9/h2-7H,1H3,(H2,12,15). The van der Waals surface area contributed by atoms with E-state index in [1.165, 1.54) is 11.9 Å². The van der Waals surface area contributed by atoms with E-state index in [1.54, 1.807) is 13.1 Å². The van der Waals surface area contributed by atoms with Crippen LogP contribution in [0.3, 0.4) is 0 Å². The van der Waals surface area contributed by atoms with Crippen molar-refractivity contribution >= 4 is 23.9 Å². The van der Waals surface area contributed by atoms with Gasteiger partial charge in [-0.25, -0.2) is 0 Å². The Morgan fingerprint density at radius 2 is 2.31 bits per heavy atom. The summed E-state index contributed by atoms with van der Waals surface area (Å²) < 4.78 is 3.90. The molecule has 0 aromatic heterocycles. The fourth-order valence-corrected chi connectivity index (χ4v) is 2.03. The maximum absolute atomic E-state index is 11.1. The van der Waals surface area contributed by atoms with Crippen LogP contribution in [0.15, 0.2) is 38.9 Å². The van der Waals surface area contributed by atoms with E-state index >= 15 is 0 Å². The minimum Gasteiger partial charge on any atom is -0.369 e. The molecule has 1 heterocycles. The van der Waals surface area contributed by atoms with Gasteiger partial charge in [0.1, 0.15) is 0 Å². The molecule has 0 radical (unpaired) electrons. The van der Waals surface area contributed by atoms with Gasteiger partial charge in [0, 0.05) is 16.8 Å². The van der Waals surface area contributed by atoms with Crippen molar-refractivity contribution in [2.75, 3.05) is 0 Å². The summed E-state index contributed by atoms with van der Waals surface area (Å²) in [4.78, 5) is 12.1. The van der Waals surface area contributed by atoms with Crippen LogP contribution in [0.5, 0.6) is 0 Å². The van der Waals surface area contributed by atoms with Crippen molar-refractivity contribution in [2.24, 2.45) is 15.4 Å². The molecule has 0 spiro atoms. The molecule has 4 nitrogen and oxygen atoms in total. The van der Waals surface area contributed by atoms with E-state index < -0.39 is 0 Å². The summed E-state index contributed by atoms with van der Waals surface area (Å²) in [5.41, 5.74) is 7.23. The lowest BCUT2D eigenvalue weighted by molar-refractivity contribution is -0.119. The van der Waals surface area contributed by atoms with Gasteiger partial charge in [-0.15, -0.1) is 4.52 Å². The van der Waals surface area contributed by atoms with Gasteiger partial charge in [-0.2, -0.15) is 5.11 Å². The zero-order valence-corrected chi connectivity index (χ0v) is 9.57. The number of benzene rings is 1. The summed E-state index contributed by atoms with van der Waals surface area (Å²) in [6.45, 7) is 1.79.